The number of benzene rings is 1. The van der Waals surface area contributed by atoms with E-state index in [-0.39, 0.29) is 5.54 Å². The monoisotopic (exact) mass is 243 g/mol. The van der Waals surface area contributed by atoms with Crippen molar-refractivity contribution in [1.82, 2.24) is 9.97 Å². The van der Waals surface area contributed by atoms with Gasteiger partial charge in [-0.05, 0) is 27.7 Å². The van der Waals surface area contributed by atoms with Gasteiger partial charge in [0.05, 0.1) is 5.69 Å². The Kier molecular flexibility index (Phi) is 3.26. The summed E-state index contributed by atoms with van der Waals surface area (Å²) in [7, 11) is 0. The highest BCUT2D eigenvalue weighted by molar-refractivity contribution is 5.62. The molecule has 18 heavy (non-hydrogen) atoms. The van der Waals surface area contributed by atoms with Crippen LogP contribution in [0.15, 0.2) is 24.3 Å². The lowest BCUT2D eigenvalue weighted by Crippen LogP contribution is -2.34. The number of aromatic amines is 1. The zero-order valence-electron chi connectivity index (χ0n) is 11.5. The average molecular weight is 243 g/mol. The third-order valence-corrected chi connectivity index (χ3v) is 2.88. The number of aryl methyl sites for hydroxylation is 2. The van der Waals surface area contributed by atoms with Gasteiger partial charge in [-0.15, -0.1) is 0 Å². The Labute approximate surface area is 108 Å². The Morgan fingerprint density at radius 2 is 1.78 bits per heavy atom. The summed E-state index contributed by atoms with van der Waals surface area (Å²) in [5.74, 6) is 0.954. The number of hydrogen-bond acceptors (Lipinski definition) is 2. The molecular formula is C15H21N3. The van der Waals surface area contributed by atoms with Crippen LogP contribution in [-0.2, 0) is 6.42 Å². The van der Waals surface area contributed by atoms with Crippen molar-refractivity contribution in [2.24, 2.45) is 5.73 Å². The summed E-state index contributed by atoms with van der Waals surface area (Å²) in [6.07, 6.45) is 0.750. The first-order valence-corrected chi connectivity index (χ1v) is 6.26. The first-order valence-electron chi connectivity index (χ1n) is 6.26. The summed E-state index contributed by atoms with van der Waals surface area (Å²) in [5.41, 5.74) is 10.3. The number of imidazole rings is 1. The lowest BCUT2D eigenvalue weighted by atomic mass is 10.0. The second-order valence-electron chi connectivity index (χ2n) is 5.69. The first-order chi connectivity index (χ1) is 8.35. The van der Waals surface area contributed by atoms with Crippen LogP contribution in [0, 0.1) is 13.8 Å². The van der Waals surface area contributed by atoms with Crippen molar-refractivity contribution in [3.05, 3.63) is 41.3 Å². The van der Waals surface area contributed by atoms with Gasteiger partial charge in [-0.1, -0.05) is 29.8 Å². The van der Waals surface area contributed by atoms with Crippen molar-refractivity contribution >= 4 is 0 Å². The number of aromatic nitrogens is 2. The van der Waals surface area contributed by atoms with Gasteiger partial charge in [0, 0.05) is 23.2 Å². The molecule has 0 aliphatic heterocycles. The molecule has 1 heterocycles. The van der Waals surface area contributed by atoms with Crippen LogP contribution in [0.1, 0.15) is 30.9 Å². The van der Waals surface area contributed by atoms with E-state index in [1.165, 1.54) is 5.56 Å². The number of nitrogens with zero attached hydrogens (tertiary/aromatic N) is 1. The maximum Gasteiger partial charge on any atom is 0.108 e. The summed E-state index contributed by atoms with van der Waals surface area (Å²) >= 11 is 0. The third kappa shape index (κ3) is 2.99. The van der Waals surface area contributed by atoms with E-state index in [1.807, 2.05) is 13.8 Å². The summed E-state index contributed by atoms with van der Waals surface area (Å²) in [5, 5.41) is 0. The highest BCUT2D eigenvalue weighted by Crippen LogP contribution is 2.22. The minimum absolute atomic E-state index is 0.241. The first kappa shape index (κ1) is 12.8. The Balaban J connectivity index is 2.32. The molecule has 3 nitrogen and oxygen atoms in total. The molecule has 96 valence electrons. The second-order valence-corrected chi connectivity index (χ2v) is 5.69. The largest absolute Gasteiger partial charge is 0.346 e. The average Bonchev–Trinajstić information content (AvgIpc) is 2.58. The molecule has 0 saturated carbocycles. The maximum atomic E-state index is 6.03. The zero-order valence-corrected chi connectivity index (χ0v) is 11.5. The Morgan fingerprint density at radius 3 is 2.33 bits per heavy atom. The Hall–Kier alpha value is -1.61. The number of H-pyrrole nitrogens is 1. The zero-order chi connectivity index (χ0) is 13.3. The molecule has 0 radical (unpaired) electrons. The summed E-state index contributed by atoms with van der Waals surface area (Å²) in [4.78, 5) is 7.98. The van der Waals surface area contributed by atoms with E-state index in [9.17, 15) is 0 Å². The fourth-order valence-electron chi connectivity index (χ4n) is 2.03. The van der Waals surface area contributed by atoms with Gasteiger partial charge in [0.1, 0.15) is 5.82 Å². The molecule has 3 N–H and O–H groups in total. The van der Waals surface area contributed by atoms with Crippen LogP contribution >= 0.6 is 0 Å². The number of hydrogen-bond donors (Lipinski definition) is 2. The quantitative estimate of drug-likeness (QED) is 0.870. The second kappa shape index (κ2) is 4.58. The normalized spacial score (nSPS) is 11.8. The standard InChI is InChI=1S/C15H21N3/c1-10-5-7-12(8-6-10)14-11(2)17-13(18-14)9-15(3,4)16/h5-8H,9,16H2,1-4H3,(H,17,18). The van der Waals surface area contributed by atoms with Crippen LogP contribution in [0.25, 0.3) is 11.3 Å². The van der Waals surface area contributed by atoms with Crippen molar-refractivity contribution in [2.75, 3.05) is 0 Å². The van der Waals surface area contributed by atoms with Crippen LogP contribution in [-0.4, -0.2) is 15.5 Å². The Bertz CT molecular complexity index is 530. The molecule has 0 spiro atoms. The van der Waals surface area contributed by atoms with E-state index in [0.29, 0.717) is 0 Å². The van der Waals surface area contributed by atoms with E-state index in [4.69, 9.17) is 5.73 Å². The van der Waals surface area contributed by atoms with Crippen molar-refractivity contribution in [1.29, 1.82) is 0 Å². The molecular weight excluding hydrogens is 222 g/mol. The van der Waals surface area contributed by atoms with Gasteiger partial charge in [-0.25, -0.2) is 4.98 Å². The van der Waals surface area contributed by atoms with Crippen molar-refractivity contribution in [3.8, 4) is 11.3 Å². The molecule has 0 amide bonds. The molecule has 2 rings (SSSR count). The SMILES string of the molecule is Cc1ccc(-c2nc(CC(C)(C)N)[nH]c2C)cc1. The highest BCUT2D eigenvalue weighted by atomic mass is 14.9. The molecule has 0 bridgehead atoms. The fourth-order valence-corrected chi connectivity index (χ4v) is 2.03. The summed E-state index contributed by atoms with van der Waals surface area (Å²) < 4.78 is 0. The van der Waals surface area contributed by atoms with Gasteiger partial charge in [0.15, 0.2) is 0 Å². The number of nitrogens with two attached hydrogens (primary N) is 1. The molecule has 0 fully saturated rings. The lowest BCUT2D eigenvalue weighted by molar-refractivity contribution is 0.504. The van der Waals surface area contributed by atoms with E-state index < -0.39 is 0 Å². The number of nitrogens with one attached hydrogen (secondary N) is 1. The summed E-state index contributed by atoms with van der Waals surface area (Å²) in [6, 6.07) is 8.43. The molecule has 2 aromatic rings. The Morgan fingerprint density at radius 1 is 1.17 bits per heavy atom. The van der Waals surface area contributed by atoms with E-state index >= 15 is 0 Å². The van der Waals surface area contributed by atoms with Crippen LogP contribution in [0.5, 0.6) is 0 Å². The predicted octanol–water partition coefficient (Wildman–Crippen LogP) is 2.97. The van der Waals surface area contributed by atoms with E-state index in [0.717, 1.165) is 29.2 Å². The van der Waals surface area contributed by atoms with Crippen LogP contribution < -0.4 is 5.73 Å². The number of rotatable bonds is 3. The van der Waals surface area contributed by atoms with Crippen molar-refractivity contribution in [3.63, 3.8) is 0 Å². The maximum absolute atomic E-state index is 6.03. The molecule has 1 aromatic carbocycles. The summed E-state index contributed by atoms with van der Waals surface area (Å²) in [6.45, 7) is 8.16. The lowest BCUT2D eigenvalue weighted by Gasteiger charge is -2.15. The van der Waals surface area contributed by atoms with Gasteiger partial charge >= 0.3 is 0 Å². The van der Waals surface area contributed by atoms with Gasteiger partial charge in [0.25, 0.3) is 0 Å². The van der Waals surface area contributed by atoms with Gasteiger partial charge in [-0.2, -0.15) is 0 Å². The third-order valence-electron chi connectivity index (χ3n) is 2.88. The van der Waals surface area contributed by atoms with E-state index in [2.05, 4.69) is 48.1 Å². The predicted molar refractivity (Wildman–Crippen MR) is 75.5 cm³/mol. The van der Waals surface area contributed by atoms with Crippen LogP contribution in [0.3, 0.4) is 0 Å². The van der Waals surface area contributed by atoms with Crippen LogP contribution in [0.4, 0.5) is 0 Å². The van der Waals surface area contributed by atoms with Crippen molar-refractivity contribution < 1.29 is 0 Å². The minimum Gasteiger partial charge on any atom is -0.346 e. The highest BCUT2D eigenvalue weighted by Gasteiger charge is 2.16. The van der Waals surface area contributed by atoms with Gasteiger partial charge < -0.3 is 10.7 Å². The van der Waals surface area contributed by atoms with Gasteiger partial charge in [0.2, 0.25) is 0 Å². The van der Waals surface area contributed by atoms with Crippen LogP contribution in [0.2, 0.25) is 0 Å². The molecule has 0 unspecified atom stereocenters. The smallest absolute Gasteiger partial charge is 0.108 e. The topological polar surface area (TPSA) is 54.7 Å². The fraction of sp³-hybridized carbons (Fsp3) is 0.400. The molecule has 0 aliphatic carbocycles. The van der Waals surface area contributed by atoms with E-state index in [1.54, 1.807) is 0 Å². The molecule has 1 aromatic heterocycles. The molecule has 0 saturated heterocycles. The van der Waals surface area contributed by atoms with Crippen molar-refractivity contribution in [2.45, 2.75) is 39.7 Å². The molecule has 3 heteroatoms. The minimum atomic E-state index is -0.241. The van der Waals surface area contributed by atoms with Gasteiger partial charge in [-0.3, -0.25) is 0 Å². The molecule has 0 aliphatic rings. The molecule has 0 atom stereocenters.